The highest BCUT2D eigenvalue weighted by atomic mass is 32.2. The number of imide groups is 1. The number of aromatic nitrogens is 1. The van der Waals surface area contributed by atoms with Crippen molar-refractivity contribution in [1.29, 1.82) is 0 Å². The van der Waals surface area contributed by atoms with Gasteiger partial charge in [0, 0.05) is 51.6 Å². The van der Waals surface area contributed by atoms with Gasteiger partial charge < -0.3 is 13.9 Å². The molecule has 180 valence electrons. The van der Waals surface area contributed by atoms with E-state index < -0.39 is 0 Å². The molecule has 2 aliphatic heterocycles. The summed E-state index contributed by atoms with van der Waals surface area (Å²) in [6, 6.07) is 8.91. The Balaban J connectivity index is 1.61. The number of nitrogens with zero attached hydrogens (tertiary/aromatic N) is 2. The van der Waals surface area contributed by atoms with Gasteiger partial charge in [-0.2, -0.15) is 0 Å². The van der Waals surface area contributed by atoms with Crippen LogP contribution in [0.4, 0.5) is 0 Å². The molecule has 0 spiro atoms. The molecule has 2 amide bonds. The summed E-state index contributed by atoms with van der Waals surface area (Å²) in [5.74, 6) is -0.675. The summed E-state index contributed by atoms with van der Waals surface area (Å²) in [6.07, 6.45) is 3.14. The summed E-state index contributed by atoms with van der Waals surface area (Å²) >= 11 is 1.75. The molecule has 2 aromatic carbocycles. The lowest BCUT2D eigenvalue weighted by molar-refractivity contribution is 0.0879. The predicted octanol–water partition coefficient (Wildman–Crippen LogP) is 5.16. The third-order valence-corrected chi connectivity index (χ3v) is 9.10. The standard InChI is InChI=1S/C28H23N3O4S/c1-4-31-17-9-7-14(25(32)19-6-5-11-35-19)12-16(17)20-22-23(28(34)29-27(22)33)21-15(24(20)31)8-10-18-26(21)36-13(2)30(18)3/h5-7,9,11-13H,4,8,10H2,1-3H3,(H,29,33,34). The number of nitrogens with one attached hydrogen (secondary N) is 1. The summed E-state index contributed by atoms with van der Waals surface area (Å²) in [5, 5.41) is 4.39. The average Bonchev–Trinajstić information content (AvgIpc) is 3.64. The molecule has 1 aliphatic carbocycles. The van der Waals surface area contributed by atoms with Gasteiger partial charge in [0.2, 0.25) is 5.78 Å². The Kier molecular flexibility index (Phi) is 4.40. The van der Waals surface area contributed by atoms with Crippen molar-refractivity contribution < 1.29 is 18.8 Å². The van der Waals surface area contributed by atoms with Crippen molar-refractivity contribution in [3.05, 3.63) is 75.9 Å². The smallest absolute Gasteiger partial charge is 0.259 e. The summed E-state index contributed by atoms with van der Waals surface area (Å²) in [6.45, 7) is 4.94. The number of carbonyl (C=O) groups excluding carboxylic acids is 3. The van der Waals surface area contributed by atoms with E-state index in [1.54, 1.807) is 30.0 Å². The van der Waals surface area contributed by atoms with Crippen LogP contribution < -0.4 is 5.32 Å². The Hall–Kier alpha value is -3.78. The number of aryl methyl sites for hydroxylation is 2. The molecule has 1 unspecified atom stereocenters. The number of amides is 2. The summed E-state index contributed by atoms with van der Waals surface area (Å²) in [7, 11) is 2.09. The molecule has 7 nitrogen and oxygen atoms in total. The van der Waals surface area contributed by atoms with E-state index in [1.807, 2.05) is 12.1 Å². The number of carbonyl (C=O) groups is 3. The average molecular weight is 498 g/mol. The monoisotopic (exact) mass is 497 g/mol. The van der Waals surface area contributed by atoms with E-state index in [0.29, 0.717) is 23.2 Å². The lowest BCUT2D eigenvalue weighted by atomic mass is 9.85. The van der Waals surface area contributed by atoms with Gasteiger partial charge in [-0.1, -0.05) is 11.8 Å². The lowest BCUT2D eigenvalue weighted by Gasteiger charge is -2.25. The Morgan fingerprint density at radius 2 is 1.94 bits per heavy atom. The van der Waals surface area contributed by atoms with Gasteiger partial charge in [0.05, 0.1) is 28.3 Å². The maximum absolute atomic E-state index is 13.3. The van der Waals surface area contributed by atoms with Gasteiger partial charge in [-0.05, 0) is 62.6 Å². The van der Waals surface area contributed by atoms with Crippen molar-refractivity contribution in [2.75, 3.05) is 7.05 Å². The topological polar surface area (TPSA) is 84.6 Å². The second-order valence-corrected chi connectivity index (χ2v) is 10.8. The highest BCUT2D eigenvalue weighted by Gasteiger charge is 2.42. The maximum atomic E-state index is 13.3. The predicted molar refractivity (Wildman–Crippen MR) is 139 cm³/mol. The Labute approximate surface area is 211 Å². The normalized spacial score (nSPS) is 18.8. The Bertz CT molecular complexity index is 1710. The van der Waals surface area contributed by atoms with Gasteiger partial charge in [-0.25, -0.2) is 0 Å². The van der Waals surface area contributed by atoms with Gasteiger partial charge >= 0.3 is 0 Å². The number of hydrogen-bond donors (Lipinski definition) is 1. The van der Waals surface area contributed by atoms with Crippen molar-refractivity contribution >= 4 is 56.1 Å². The SMILES string of the molecule is CCn1c2ccc(C(=O)c3ccco3)cc2c2c3c(c4c(c21)CCC1=C4SC(C)N1C)C(=O)NC3=O. The zero-order valence-corrected chi connectivity index (χ0v) is 20.9. The van der Waals surface area contributed by atoms with Crippen molar-refractivity contribution in [3.8, 4) is 0 Å². The second kappa shape index (κ2) is 7.36. The van der Waals surface area contributed by atoms with Crippen LogP contribution >= 0.6 is 11.8 Å². The van der Waals surface area contributed by atoms with Gasteiger partial charge in [0.1, 0.15) is 0 Å². The highest BCUT2D eigenvalue weighted by Crippen LogP contribution is 2.53. The lowest BCUT2D eigenvalue weighted by Crippen LogP contribution is -2.22. The van der Waals surface area contributed by atoms with Crippen molar-refractivity contribution in [2.24, 2.45) is 0 Å². The molecule has 0 radical (unpaired) electrons. The van der Waals surface area contributed by atoms with E-state index in [4.69, 9.17) is 4.42 Å². The second-order valence-electron chi connectivity index (χ2n) is 9.50. The van der Waals surface area contributed by atoms with Crippen molar-refractivity contribution in [3.63, 3.8) is 0 Å². The number of allylic oxidation sites excluding steroid dienone is 1. The molecule has 4 aromatic rings. The molecule has 36 heavy (non-hydrogen) atoms. The molecular formula is C28H23N3O4S. The molecule has 0 saturated heterocycles. The van der Waals surface area contributed by atoms with Gasteiger partial charge in [0.15, 0.2) is 5.76 Å². The zero-order chi connectivity index (χ0) is 24.9. The van der Waals surface area contributed by atoms with Crippen LogP contribution in [0.2, 0.25) is 0 Å². The summed E-state index contributed by atoms with van der Waals surface area (Å²) < 4.78 is 7.56. The van der Waals surface area contributed by atoms with E-state index in [2.05, 4.69) is 35.7 Å². The molecule has 4 heterocycles. The molecule has 0 bridgehead atoms. The van der Waals surface area contributed by atoms with E-state index in [9.17, 15) is 14.4 Å². The molecule has 7 rings (SSSR count). The molecule has 1 N–H and O–H groups in total. The highest BCUT2D eigenvalue weighted by molar-refractivity contribution is 8.09. The third-order valence-electron chi connectivity index (χ3n) is 7.77. The third kappa shape index (κ3) is 2.62. The van der Waals surface area contributed by atoms with E-state index >= 15 is 0 Å². The maximum Gasteiger partial charge on any atom is 0.259 e. The van der Waals surface area contributed by atoms with E-state index in [-0.39, 0.29) is 28.7 Å². The number of ketones is 1. The van der Waals surface area contributed by atoms with Crippen molar-refractivity contribution in [1.82, 2.24) is 14.8 Å². The van der Waals surface area contributed by atoms with Gasteiger partial charge in [-0.3, -0.25) is 19.7 Å². The van der Waals surface area contributed by atoms with Crippen LogP contribution in [0.1, 0.15) is 68.2 Å². The van der Waals surface area contributed by atoms with Crippen LogP contribution in [0.25, 0.3) is 26.7 Å². The number of thioether (sulfide) groups is 1. The molecular weight excluding hydrogens is 474 g/mol. The molecule has 0 fully saturated rings. The Morgan fingerprint density at radius 3 is 2.69 bits per heavy atom. The molecule has 0 saturated carbocycles. The number of fused-ring (bicyclic) bond motifs is 9. The van der Waals surface area contributed by atoms with Crippen LogP contribution in [0.5, 0.6) is 0 Å². The fourth-order valence-corrected chi connectivity index (χ4v) is 7.42. The molecule has 3 aliphatic rings. The molecule has 2 aromatic heterocycles. The summed E-state index contributed by atoms with van der Waals surface area (Å²) in [5.41, 5.74) is 6.56. The fourth-order valence-electron chi connectivity index (χ4n) is 6.07. The minimum Gasteiger partial charge on any atom is -0.461 e. The largest absolute Gasteiger partial charge is 0.461 e. The number of rotatable bonds is 3. The number of furan rings is 1. The number of benzene rings is 2. The minimum absolute atomic E-state index is 0.219. The van der Waals surface area contributed by atoms with Crippen LogP contribution in [-0.2, 0) is 13.0 Å². The first-order valence-corrected chi connectivity index (χ1v) is 13.0. The van der Waals surface area contributed by atoms with Crippen molar-refractivity contribution in [2.45, 2.75) is 38.6 Å². The first-order chi connectivity index (χ1) is 17.4. The van der Waals surface area contributed by atoms with Crippen LogP contribution in [-0.4, -0.2) is 39.5 Å². The Morgan fingerprint density at radius 1 is 1.14 bits per heavy atom. The quantitative estimate of drug-likeness (QED) is 0.311. The minimum atomic E-state index is -0.377. The first-order valence-electron chi connectivity index (χ1n) is 12.1. The van der Waals surface area contributed by atoms with E-state index in [1.165, 1.54) is 12.0 Å². The van der Waals surface area contributed by atoms with Gasteiger partial charge in [0.25, 0.3) is 11.8 Å². The van der Waals surface area contributed by atoms with Crippen LogP contribution in [0.3, 0.4) is 0 Å². The summed E-state index contributed by atoms with van der Waals surface area (Å²) in [4.78, 5) is 43.0. The zero-order valence-electron chi connectivity index (χ0n) is 20.1. The molecule has 1 atom stereocenters. The first kappa shape index (κ1) is 21.5. The molecule has 8 heteroatoms. The van der Waals surface area contributed by atoms with E-state index in [0.717, 1.165) is 50.7 Å². The fraction of sp³-hybridized carbons (Fsp3) is 0.250. The number of hydrogen-bond acceptors (Lipinski definition) is 6. The van der Waals surface area contributed by atoms with Crippen LogP contribution in [0.15, 0.2) is 46.7 Å². The van der Waals surface area contributed by atoms with Gasteiger partial charge in [-0.15, -0.1) is 0 Å². The van der Waals surface area contributed by atoms with Crippen LogP contribution in [0, 0.1) is 0 Å².